The lowest BCUT2D eigenvalue weighted by Gasteiger charge is -2.29. The molecule has 0 saturated heterocycles. The topological polar surface area (TPSA) is 38.3 Å². The van der Waals surface area contributed by atoms with Gasteiger partial charge in [-0.2, -0.15) is 0 Å². The van der Waals surface area contributed by atoms with Gasteiger partial charge >= 0.3 is 0 Å². The molecule has 3 heteroatoms. The zero-order valence-corrected chi connectivity index (χ0v) is 15.1. The van der Waals surface area contributed by atoms with Crippen molar-refractivity contribution in [2.45, 2.75) is 18.9 Å². The third-order valence-electron chi connectivity index (χ3n) is 4.48. The Morgan fingerprint density at radius 3 is 1.69 bits per heavy atom. The normalized spacial score (nSPS) is 11.8. The van der Waals surface area contributed by atoms with Crippen molar-refractivity contribution in [1.29, 1.82) is 0 Å². The summed E-state index contributed by atoms with van der Waals surface area (Å²) in [5, 5.41) is 3.15. The van der Waals surface area contributed by atoms with Crippen LogP contribution in [0.5, 0.6) is 5.75 Å². The summed E-state index contributed by atoms with van der Waals surface area (Å²) < 4.78 is 5.27. The number of ether oxygens (including phenoxy) is 1. The zero-order chi connectivity index (χ0) is 18.4. The lowest BCUT2D eigenvalue weighted by atomic mass is 9.81. The van der Waals surface area contributed by atoms with E-state index in [2.05, 4.69) is 29.6 Å². The molecule has 0 fully saturated rings. The summed E-state index contributed by atoms with van der Waals surface area (Å²) in [4.78, 5) is 12.0. The first-order chi connectivity index (χ1) is 12.7. The number of nitrogens with one attached hydrogen (secondary N) is 1. The van der Waals surface area contributed by atoms with Gasteiger partial charge in [0.05, 0.1) is 13.2 Å². The van der Waals surface area contributed by atoms with Crippen molar-refractivity contribution >= 4 is 5.91 Å². The van der Waals surface area contributed by atoms with E-state index in [-0.39, 0.29) is 17.9 Å². The Bertz CT molecular complexity index is 790. The van der Waals surface area contributed by atoms with Crippen LogP contribution in [0.1, 0.15) is 35.6 Å². The fourth-order valence-corrected chi connectivity index (χ4v) is 3.29. The van der Waals surface area contributed by atoms with Crippen molar-refractivity contribution in [1.82, 2.24) is 5.32 Å². The second-order valence-corrected chi connectivity index (χ2v) is 6.25. The molecular formula is C23H23NO2. The van der Waals surface area contributed by atoms with E-state index in [0.29, 0.717) is 0 Å². The molecule has 0 radical (unpaired) electrons. The predicted octanol–water partition coefficient (Wildman–Crippen LogP) is 4.70. The highest BCUT2D eigenvalue weighted by atomic mass is 16.5. The van der Waals surface area contributed by atoms with E-state index in [1.54, 1.807) is 14.0 Å². The molecule has 0 aliphatic rings. The molecule has 3 aromatic rings. The minimum atomic E-state index is -0.178. The van der Waals surface area contributed by atoms with Crippen molar-refractivity contribution < 1.29 is 9.53 Å². The van der Waals surface area contributed by atoms with Gasteiger partial charge in [0, 0.05) is 12.8 Å². The molecule has 3 aromatic carbocycles. The van der Waals surface area contributed by atoms with Crippen molar-refractivity contribution in [2.75, 3.05) is 7.11 Å². The Hall–Kier alpha value is -3.07. The molecule has 0 aliphatic carbocycles. The van der Waals surface area contributed by atoms with Crippen LogP contribution in [0.15, 0.2) is 84.9 Å². The average Bonchev–Trinajstić information content (AvgIpc) is 2.69. The zero-order valence-electron chi connectivity index (χ0n) is 15.1. The van der Waals surface area contributed by atoms with Gasteiger partial charge in [-0.3, -0.25) is 4.79 Å². The Labute approximate surface area is 154 Å². The van der Waals surface area contributed by atoms with Crippen LogP contribution in [0.2, 0.25) is 0 Å². The number of amides is 1. The summed E-state index contributed by atoms with van der Waals surface area (Å²) in [5.41, 5.74) is 3.36. The van der Waals surface area contributed by atoms with Crippen molar-refractivity contribution in [3.05, 3.63) is 102 Å². The standard InChI is InChI=1S/C23H23NO2/c1-17(25)24-23(20-13-15-21(26-2)16-14-20)22(18-9-5-3-6-10-18)19-11-7-4-8-12-19/h3-16,22-23H,1-2H3,(H,24,25). The number of benzene rings is 3. The molecule has 1 amide bonds. The Morgan fingerprint density at radius 2 is 1.27 bits per heavy atom. The van der Waals surface area contributed by atoms with E-state index < -0.39 is 0 Å². The maximum Gasteiger partial charge on any atom is 0.217 e. The number of hydrogen-bond donors (Lipinski definition) is 1. The number of carbonyl (C=O) groups excluding carboxylic acids is 1. The lowest BCUT2D eigenvalue weighted by molar-refractivity contribution is -0.119. The second kappa shape index (κ2) is 8.34. The fraction of sp³-hybridized carbons (Fsp3) is 0.174. The van der Waals surface area contributed by atoms with E-state index >= 15 is 0 Å². The Balaban J connectivity index is 2.10. The molecule has 26 heavy (non-hydrogen) atoms. The third kappa shape index (κ3) is 4.12. The minimum absolute atomic E-state index is 0.00898. The van der Waals surface area contributed by atoms with Crippen molar-refractivity contribution in [2.24, 2.45) is 0 Å². The quantitative estimate of drug-likeness (QED) is 0.703. The highest BCUT2D eigenvalue weighted by Crippen LogP contribution is 2.37. The molecule has 0 saturated carbocycles. The molecular weight excluding hydrogens is 322 g/mol. The van der Waals surface area contributed by atoms with Gasteiger partial charge in [0.25, 0.3) is 0 Å². The van der Waals surface area contributed by atoms with Crippen LogP contribution in [0.4, 0.5) is 0 Å². The molecule has 1 unspecified atom stereocenters. The first kappa shape index (κ1) is 17.7. The van der Waals surface area contributed by atoms with E-state index in [0.717, 1.165) is 22.4 Å². The molecule has 0 bridgehead atoms. The summed E-state index contributed by atoms with van der Waals surface area (Å²) in [5.74, 6) is 0.753. The van der Waals surface area contributed by atoms with Gasteiger partial charge in [-0.1, -0.05) is 72.8 Å². The first-order valence-electron chi connectivity index (χ1n) is 8.70. The van der Waals surface area contributed by atoms with Crippen LogP contribution in [0, 0.1) is 0 Å². The van der Waals surface area contributed by atoms with E-state index in [4.69, 9.17) is 4.74 Å². The monoisotopic (exact) mass is 345 g/mol. The maximum atomic E-state index is 12.0. The summed E-state index contributed by atoms with van der Waals surface area (Å²) in [7, 11) is 1.65. The average molecular weight is 345 g/mol. The Morgan fingerprint density at radius 1 is 0.769 bits per heavy atom. The molecule has 3 nitrogen and oxygen atoms in total. The van der Waals surface area contributed by atoms with Gasteiger partial charge in [-0.15, -0.1) is 0 Å². The molecule has 0 spiro atoms. The SMILES string of the molecule is COc1ccc(C(NC(C)=O)C(c2ccccc2)c2ccccc2)cc1. The molecule has 1 atom stereocenters. The molecule has 0 aromatic heterocycles. The molecule has 1 N–H and O–H groups in total. The highest BCUT2D eigenvalue weighted by Gasteiger charge is 2.27. The summed E-state index contributed by atoms with van der Waals surface area (Å²) in [6.07, 6.45) is 0. The summed E-state index contributed by atoms with van der Waals surface area (Å²) >= 11 is 0. The fourth-order valence-electron chi connectivity index (χ4n) is 3.29. The minimum Gasteiger partial charge on any atom is -0.497 e. The van der Waals surface area contributed by atoms with Crippen LogP contribution < -0.4 is 10.1 Å². The van der Waals surface area contributed by atoms with Gasteiger partial charge in [-0.05, 0) is 28.8 Å². The summed E-state index contributed by atoms with van der Waals surface area (Å²) in [6, 6.07) is 28.3. The first-order valence-corrected chi connectivity index (χ1v) is 8.70. The number of methoxy groups -OCH3 is 1. The molecule has 3 rings (SSSR count). The Kier molecular flexibility index (Phi) is 5.69. The second-order valence-electron chi connectivity index (χ2n) is 6.25. The lowest BCUT2D eigenvalue weighted by Crippen LogP contribution is -2.31. The van der Waals surface area contributed by atoms with Gasteiger partial charge in [0.15, 0.2) is 0 Å². The van der Waals surface area contributed by atoms with Crippen LogP contribution in [-0.2, 0) is 4.79 Å². The van der Waals surface area contributed by atoms with E-state index in [1.807, 2.05) is 60.7 Å². The van der Waals surface area contributed by atoms with E-state index in [1.165, 1.54) is 0 Å². The molecule has 132 valence electrons. The van der Waals surface area contributed by atoms with Crippen LogP contribution in [0.3, 0.4) is 0 Å². The van der Waals surface area contributed by atoms with Crippen LogP contribution in [0.25, 0.3) is 0 Å². The van der Waals surface area contributed by atoms with Gasteiger partial charge < -0.3 is 10.1 Å². The van der Waals surface area contributed by atoms with Gasteiger partial charge in [-0.25, -0.2) is 0 Å². The van der Waals surface area contributed by atoms with E-state index in [9.17, 15) is 4.79 Å². The third-order valence-corrected chi connectivity index (χ3v) is 4.48. The summed E-state index contributed by atoms with van der Waals surface area (Å²) in [6.45, 7) is 1.56. The van der Waals surface area contributed by atoms with Gasteiger partial charge in [0.2, 0.25) is 5.91 Å². The molecule has 0 aliphatic heterocycles. The highest BCUT2D eigenvalue weighted by molar-refractivity contribution is 5.73. The van der Waals surface area contributed by atoms with Crippen LogP contribution >= 0.6 is 0 Å². The maximum absolute atomic E-state index is 12.0. The largest absolute Gasteiger partial charge is 0.497 e. The van der Waals surface area contributed by atoms with Crippen LogP contribution in [-0.4, -0.2) is 13.0 Å². The van der Waals surface area contributed by atoms with Crippen molar-refractivity contribution in [3.8, 4) is 5.75 Å². The molecule has 0 heterocycles. The van der Waals surface area contributed by atoms with Crippen molar-refractivity contribution in [3.63, 3.8) is 0 Å². The number of rotatable bonds is 6. The predicted molar refractivity (Wildman–Crippen MR) is 104 cm³/mol. The smallest absolute Gasteiger partial charge is 0.217 e. The number of carbonyl (C=O) groups is 1. The van der Waals surface area contributed by atoms with Gasteiger partial charge in [0.1, 0.15) is 5.75 Å². The number of hydrogen-bond acceptors (Lipinski definition) is 2.